The molecule has 1 heterocycles. The zero-order chi connectivity index (χ0) is 15.5. The third kappa shape index (κ3) is 4.36. The van der Waals surface area contributed by atoms with Crippen molar-refractivity contribution >= 4 is 17.7 Å². The largest absolute Gasteiger partial charge is 0.481 e. The maximum absolute atomic E-state index is 10.8. The molecule has 5 heteroatoms. The number of rotatable bonds is 5. The Kier molecular flexibility index (Phi) is 4.73. The number of benzene rings is 1. The second-order valence-electron chi connectivity index (χ2n) is 6.12. The molecule has 112 valence electrons. The fraction of sp³-hybridized carbons (Fsp3) is 0.375. The fourth-order valence-corrected chi connectivity index (χ4v) is 2.77. The molecule has 1 aromatic heterocycles. The van der Waals surface area contributed by atoms with Crippen molar-refractivity contribution in [2.45, 2.75) is 32.5 Å². The summed E-state index contributed by atoms with van der Waals surface area (Å²) in [6.07, 6.45) is 1.82. The molecule has 0 bridgehead atoms. The van der Waals surface area contributed by atoms with Gasteiger partial charge in [0.1, 0.15) is 0 Å². The highest BCUT2D eigenvalue weighted by Gasteiger charge is 2.19. The lowest BCUT2D eigenvalue weighted by Crippen LogP contribution is -2.17. The SMILES string of the molecule is CC(C)(C)Cn1c(-c2ccccc2)cnc1SCC(=O)O. The Labute approximate surface area is 129 Å². The number of hydrogen-bond acceptors (Lipinski definition) is 3. The van der Waals surface area contributed by atoms with Crippen LogP contribution in [-0.4, -0.2) is 26.4 Å². The molecule has 0 aliphatic rings. The van der Waals surface area contributed by atoms with Crippen LogP contribution >= 0.6 is 11.8 Å². The summed E-state index contributed by atoms with van der Waals surface area (Å²) in [7, 11) is 0. The Morgan fingerprint density at radius 3 is 2.52 bits per heavy atom. The van der Waals surface area contributed by atoms with Crippen molar-refractivity contribution < 1.29 is 9.90 Å². The Hall–Kier alpha value is -1.75. The van der Waals surface area contributed by atoms with E-state index in [9.17, 15) is 4.79 Å². The molecule has 0 fully saturated rings. The smallest absolute Gasteiger partial charge is 0.313 e. The van der Waals surface area contributed by atoms with Crippen LogP contribution in [0.5, 0.6) is 0 Å². The summed E-state index contributed by atoms with van der Waals surface area (Å²) < 4.78 is 2.11. The van der Waals surface area contributed by atoms with Crippen molar-refractivity contribution in [2.24, 2.45) is 5.41 Å². The van der Waals surface area contributed by atoms with E-state index in [0.717, 1.165) is 23.0 Å². The quantitative estimate of drug-likeness (QED) is 0.854. The van der Waals surface area contributed by atoms with Crippen molar-refractivity contribution in [3.05, 3.63) is 36.5 Å². The Balaban J connectivity index is 2.38. The van der Waals surface area contributed by atoms with Gasteiger partial charge in [0.25, 0.3) is 0 Å². The van der Waals surface area contributed by atoms with E-state index in [2.05, 4.69) is 30.3 Å². The van der Waals surface area contributed by atoms with E-state index >= 15 is 0 Å². The Morgan fingerprint density at radius 1 is 1.29 bits per heavy atom. The molecule has 2 aromatic rings. The average molecular weight is 304 g/mol. The normalized spacial score (nSPS) is 11.6. The second kappa shape index (κ2) is 6.35. The summed E-state index contributed by atoms with van der Waals surface area (Å²) in [6, 6.07) is 10.1. The summed E-state index contributed by atoms with van der Waals surface area (Å²) in [5, 5.41) is 9.62. The molecule has 21 heavy (non-hydrogen) atoms. The van der Waals surface area contributed by atoms with Gasteiger partial charge in [0.05, 0.1) is 17.6 Å². The van der Waals surface area contributed by atoms with Gasteiger partial charge in [-0.1, -0.05) is 62.9 Å². The van der Waals surface area contributed by atoms with Gasteiger partial charge in [0.2, 0.25) is 0 Å². The molecule has 0 aliphatic carbocycles. The molecule has 1 aromatic carbocycles. The fourth-order valence-electron chi connectivity index (χ4n) is 2.07. The number of carboxylic acids is 1. The number of nitrogens with zero attached hydrogens (tertiary/aromatic N) is 2. The minimum Gasteiger partial charge on any atom is -0.481 e. The summed E-state index contributed by atoms with van der Waals surface area (Å²) in [5.74, 6) is -0.804. The third-order valence-corrected chi connectivity index (χ3v) is 3.82. The first-order valence-electron chi connectivity index (χ1n) is 6.82. The average Bonchev–Trinajstić information content (AvgIpc) is 2.78. The minimum atomic E-state index is -0.827. The lowest BCUT2D eigenvalue weighted by Gasteiger charge is -2.22. The van der Waals surface area contributed by atoms with Crippen LogP contribution < -0.4 is 0 Å². The molecular formula is C16H20N2O2S. The van der Waals surface area contributed by atoms with Crippen LogP contribution in [0.1, 0.15) is 20.8 Å². The zero-order valence-electron chi connectivity index (χ0n) is 12.5. The Bertz CT molecular complexity index is 615. The van der Waals surface area contributed by atoms with Crippen molar-refractivity contribution in [3.8, 4) is 11.3 Å². The molecule has 1 N–H and O–H groups in total. The lowest BCUT2D eigenvalue weighted by atomic mass is 9.96. The molecule has 2 rings (SSSR count). The van der Waals surface area contributed by atoms with Crippen molar-refractivity contribution in [3.63, 3.8) is 0 Å². The van der Waals surface area contributed by atoms with Gasteiger partial charge in [0.15, 0.2) is 5.16 Å². The number of imidazole rings is 1. The van der Waals surface area contributed by atoms with Crippen molar-refractivity contribution in [2.75, 3.05) is 5.75 Å². The van der Waals surface area contributed by atoms with Gasteiger partial charge in [-0.25, -0.2) is 4.98 Å². The number of hydrogen-bond donors (Lipinski definition) is 1. The topological polar surface area (TPSA) is 55.1 Å². The van der Waals surface area contributed by atoms with E-state index in [1.165, 1.54) is 11.8 Å². The van der Waals surface area contributed by atoms with Gasteiger partial charge in [-0.2, -0.15) is 0 Å². The first-order valence-corrected chi connectivity index (χ1v) is 7.81. The van der Waals surface area contributed by atoms with Gasteiger partial charge in [-0.3, -0.25) is 4.79 Å². The predicted molar refractivity (Wildman–Crippen MR) is 85.5 cm³/mol. The number of carboxylic acid groups (broad SMARTS) is 1. The predicted octanol–water partition coefficient (Wildman–Crippen LogP) is 3.77. The number of carbonyl (C=O) groups is 1. The molecule has 0 atom stereocenters. The van der Waals surface area contributed by atoms with Gasteiger partial charge in [-0.05, 0) is 11.0 Å². The molecular weight excluding hydrogens is 284 g/mol. The molecule has 0 aliphatic heterocycles. The van der Waals surface area contributed by atoms with Crippen LogP contribution in [0.4, 0.5) is 0 Å². The maximum Gasteiger partial charge on any atom is 0.313 e. The molecule has 0 unspecified atom stereocenters. The minimum absolute atomic E-state index is 0.0232. The van der Waals surface area contributed by atoms with E-state index < -0.39 is 5.97 Å². The molecule has 0 radical (unpaired) electrons. The highest BCUT2D eigenvalue weighted by Crippen LogP contribution is 2.29. The van der Waals surface area contributed by atoms with E-state index in [-0.39, 0.29) is 11.2 Å². The summed E-state index contributed by atoms with van der Waals surface area (Å²) >= 11 is 1.26. The van der Waals surface area contributed by atoms with E-state index in [0.29, 0.717) is 0 Å². The number of thioether (sulfide) groups is 1. The summed E-state index contributed by atoms with van der Waals surface area (Å²) in [5.41, 5.74) is 2.21. The van der Waals surface area contributed by atoms with E-state index in [4.69, 9.17) is 5.11 Å². The van der Waals surface area contributed by atoms with Gasteiger partial charge >= 0.3 is 5.97 Å². The molecule has 0 amide bonds. The van der Waals surface area contributed by atoms with Crippen molar-refractivity contribution in [1.29, 1.82) is 0 Å². The van der Waals surface area contributed by atoms with Crippen LogP contribution in [0.3, 0.4) is 0 Å². The second-order valence-corrected chi connectivity index (χ2v) is 7.06. The Morgan fingerprint density at radius 2 is 1.95 bits per heavy atom. The van der Waals surface area contributed by atoms with Gasteiger partial charge < -0.3 is 9.67 Å². The first-order chi connectivity index (χ1) is 9.87. The standard InChI is InChI=1S/C16H20N2O2S/c1-16(2,3)11-18-13(12-7-5-4-6-8-12)9-17-15(18)21-10-14(19)20/h4-9H,10-11H2,1-3H3,(H,19,20). The summed E-state index contributed by atoms with van der Waals surface area (Å²) in [4.78, 5) is 15.2. The highest BCUT2D eigenvalue weighted by molar-refractivity contribution is 7.99. The maximum atomic E-state index is 10.8. The van der Waals surface area contributed by atoms with Crippen LogP contribution in [-0.2, 0) is 11.3 Å². The zero-order valence-corrected chi connectivity index (χ0v) is 13.4. The molecule has 4 nitrogen and oxygen atoms in total. The van der Waals surface area contributed by atoms with Crippen LogP contribution in [0.2, 0.25) is 0 Å². The van der Waals surface area contributed by atoms with E-state index in [1.807, 2.05) is 36.5 Å². The molecule has 0 spiro atoms. The van der Waals surface area contributed by atoms with Crippen LogP contribution in [0.15, 0.2) is 41.7 Å². The summed E-state index contributed by atoms with van der Waals surface area (Å²) in [6.45, 7) is 7.27. The molecule has 0 saturated carbocycles. The van der Waals surface area contributed by atoms with E-state index in [1.54, 1.807) is 0 Å². The highest BCUT2D eigenvalue weighted by atomic mass is 32.2. The van der Waals surface area contributed by atoms with Crippen LogP contribution in [0.25, 0.3) is 11.3 Å². The monoisotopic (exact) mass is 304 g/mol. The van der Waals surface area contributed by atoms with Crippen LogP contribution in [0, 0.1) is 5.41 Å². The van der Waals surface area contributed by atoms with Crippen molar-refractivity contribution in [1.82, 2.24) is 9.55 Å². The number of aliphatic carboxylic acids is 1. The van der Waals surface area contributed by atoms with Gasteiger partial charge in [-0.15, -0.1) is 0 Å². The molecule has 0 saturated heterocycles. The number of aromatic nitrogens is 2. The lowest BCUT2D eigenvalue weighted by molar-refractivity contribution is -0.133. The third-order valence-electron chi connectivity index (χ3n) is 2.85. The first kappa shape index (κ1) is 15.6. The van der Waals surface area contributed by atoms with Gasteiger partial charge in [0, 0.05) is 6.54 Å².